The summed E-state index contributed by atoms with van der Waals surface area (Å²) < 4.78 is 23.9. The number of aliphatic carboxylic acids is 2. The van der Waals surface area contributed by atoms with Crippen LogP contribution in [0.4, 0.5) is 4.79 Å². The minimum atomic E-state index is -1.89. The summed E-state index contributed by atoms with van der Waals surface area (Å²) in [6.45, 7) is 6.89. The van der Waals surface area contributed by atoms with Crippen LogP contribution in [0.5, 0.6) is 0 Å². The molecule has 27 nitrogen and oxygen atoms in total. The van der Waals surface area contributed by atoms with Crippen molar-refractivity contribution in [3.05, 3.63) is 33.1 Å². The van der Waals surface area contributed by atoms with Crippen LogP contribution in [-0.2, 0) is 38.1 Å². The maximum absolute atomic E-state index is 13.9. The van der Waals surface area contributed by atoms with Gasteiger partial charge in [-0.1, -0.05) is 34.1 Å². The molecule has 0 spiro atoms. The van der Waals surface area contributed by atoms with Crippen molar-refractivity contribution >= 4 is 35.7 Å². The van der Waals surface area contributed by atoms with Crippen molar-refractivity contribution in [1.82, 2.24) is 41.5 Å². The van der Waals surface area contributed by atoms with E-state index in [1.807, 2.05) is 18.8 Å². The van der Waals surface area contributed by atoms with Gasteiger partial charge in [-0.2, -0.15) is 0 Å². The molecule has 0 aromatic carbocycles. The highest BCUT2D eigenvalue weighted by Crippen LogP contribution is 2.35. The molecule has 1 aromatic rings. The number of aliphatic hydroxyl groups is 3. The lowest BCUT2D eigenvalue weighted by Crippen LogP contribution is -2.64. The molecule has 0 radical (unpaired) electrons. The second kappa shape index (κ2) is 24.5. The number of hydrogen-bond donors (Lipinski definition) is 14. The number of nitrogens with one attached hydrogen (secondary N) is 7. The molecule has 2 saturated heterocycles. The number of ether oxygens (including phenoxy) is 4. The Kier molecular flexibility index (Phi) is 19.8. The number of carbonyl (C=O) groups is 5. The normalized spacial score (nSPS) is 27.9. The number of aromatic amines is 1. The average Bonchev–Trinajstić information content (AvgIpc) is 3.73. The number of carbonyl (C=O) groups excluding carboxylic acids is 3. The molecular formula is C39H65N11O16. The summed E-state index contributed by atoms with van der Waals surface area (Å²) in [6.07, 6.45) is -11.8. The van der Waals surface area contributed by atoms with E-state index in [0.717, 1.165) is 16.8 Å². The number of carboxylic acid groups (broad SMARTS) is 2. The molecule has 4 amide bonds. The average molecular weight is 944 g/mol. The Morgan fingerprint density at radius 1 is 0.970 bits per heavy atom. The van der Waals surface area contributed by atoms with Gasteiger partial charge in [0.05, 0.1) is 6.04 Å². The van der Waals surface area contributed by atoms with E-state index in [0.29, 0.717) is 6.42 Å². The molecule has 0 saturated carbocycles. The zero-order valence-electron chi connectivity index (χ0n) is 37.3. The van der Waals surface area contributed by atoms with Crippen LogP contribution < -0.4 is 54.6 Å². The fourth-order valence-corrected chi connectivity index (χ4v) is 7.80. The monoisotopic (exact) mass is 943 g/mol. The van der Waals surface area contributed by atoms with Gasteiger partial charge < -0.3 is 87.8 Å². The number of methoxy groups -OCH3 is 1. The molecule has 66 heavy (non-hydrogen) atoms. The van der Waals surface area contributed by atoms with E-state index >= 15 is 0 Å². The van der Waals surface area contributed by atoms with Crippen LogP contribution in [-0.4, -0.2) is 183 Å². The van der Waals surface area contributed by atoms with E-state index in [2.05, 4.69) is 36.9 Å². The smallest absolute Gasteiger partial charge is 0.330 e. The van der Waals surface area contributed by atoms with Crippen molar-refractivity contribution < 1.29 is 68.5 Å². The highest BCUT2D eigenvalue weighted by molar-refractivity contribution is 5.93. The van der Waals surface area contributed by atoms with Gasteiger partial charge >= 0.3 is 23.7 Å². The summed E-state index contributed by atoms with van der Waals surface area (Å²) in [6, 6.07) is -6.23. The number of aliphatic imine (C=N–C) groups is 1. The first kappa shape index (κ1) is 53.4. The van der Waals surface area contributed by atoms with E-state index in [1.54, 1.807) is 13.8 Å². The molecule has 4 heterocycles. The first-order chi connectivity index (χ1) is 31.2. The fourth-order valence-electron chi connectivity index (χ4n) is 7.80. The largest absolute Gasteiger partial charge is 0.480 e. The van der Waals surface area contributed by atoms with Gasteiger partial charge in [-0.15, -0.1) is 0 Å². The second-order valence-corrected chi connectivity index (χ2v) is 16.8. The molecule has 3 aliphatic heterocycles. The highest BCUT2D eigenvalue weighted by Gasteiger charge is 2.54. The summed E-state index contributed by atoms with van der Waals surface area (Å²) in [7, 11) is 1.24. The van der Waals surface area contributed by atoms with Crippen LogP contribution in [0, 0.1) is 11.8 Å². The first-order valence-electron chi connectivity index (χ1n) is 21.7. The predicted molar refractivity (Wildman–Crippen MR) is 229 cm³/mol. The molecule has 16 N–H and O–H groups in total. The lowest BCUT2D eigenvalue weighted by atomic mass is 9.98. The molecule has 372 valence electrons. The van der Waals surface area contributed by atoms with Gasteiger partial charge in [0.25, 0.3) is 5.56 Å². The Labute approximate surface area is 378 Å². The molecule has 0 bridgehead atoms. The van der Waals surface area contributed by atoms with Gasteiger partial charge in [0, 0.05) is 39.0 Å². The van der Waals surface area contributed by atoms with Gasteiger partial charge in [-0.25, -0.2) is 14.4 Å². The Hall–Kier alpha value is -5.26. The summed E-state index contributed by atoms with van der Waals surface area (Å²) in [5, 5.41) is 69.2. The van der Waals surface area contributed by atoms with Crippen LogP contribution in [0.3, 0.4) is 0 Å². The number of rotatable bonds is 24. The van der Waals surface area contributed by atoms with Crippen LogP contribution in [0.1, 0.15) is 59.6 Å². The molecule has 27 heteroatoms. The Balaban J connectivity index is 1.48. The van der Waals surface area contributed by atoms with Crippen LogP contribution in [0.2, 0.25) is 0 Å². The molecular weight excluding hydrogens is 878 g/mol. The summed E-state index contributed by atoms with van der Waals surface area (Å²) in [5.74, 6) is -4.72. The van der Waals surface area contributed by atoms with Crippen molar-refractivity contribution in [2.24, 2.45) is 28.3 Å². The van der Waals surface area contributed by atoms with E-state index in [4.69, 9.17) is 30.4 Å². The predicted octanol–water partition coefficient (Wildman–Crippen LogP) is -5.48. The molecule has 2 fully saturated rings. The fraction of sp³-hybridized carbons (Fsp3) is 0.744. The third kappa shape index (κ3) is 13.7. The minimum Gasteiger partial charge on any atom is -0.480 e. The first-order valence-corrected chi connectivity index (χ1v) is 21.7. The Morgan fingerprint density at radius 3 is 2.26 bits per heavy atom. The summed E-state index contributed by atoms with van der Waals surface area (Å²) in [4.78, 5) is 95.9. The maximum atomic E-state index is 13.9. The number of urea groups is 1. The number of carboxylic acids is 2. The number of guanidine groups is 1. The molecule has 0 aliphatic carbocycles. The van der Waals surface area contributed by atoms with Crippen molar-refractivity contribution in [2.75, 3.05) is 33.3 Å². The Bertz CT molecular complexity index is 1970. The topological polar surface area (TPSA) is 415 Å². The molecule has 10 unspecified atom stereocenters. The van der Waals surface area contributed by atoms with E-state index in [-0.39, 0.29) is 57.3 Å². The third-order valence-electron chi connectivity index (χ3n) is 11.6. The number of aliphatic hydroxyl groups excluding tert-OH is 3. The number of aromatic nitrogens is 2. The Morgan fingerprint density at radius 2 is 1.67 bits per heavy atom. The zero-order valence-corrected chi connectivity index (χ0v) is 37.3. The minimum absolute atomic E-state index is 0.0174. The highest BCUT2D eigenvalue weighted by atomic mass is 16.7. The van der Waals surface area contributed by atoms with E-state index in [9.17, 15) is 59.1 Å². The van der Waals surface area contributed by atoms with Gasteiger partial charge in [0.2, 0.25) is 11.8 Å². The lowest BCUT2D eigenvalue weighted by molar-refractivity contribution is -0.231. The molecule has 15 atom stereocenters. The van der Waals surface area contributed by atoms with Gasteiger partial charge in [0.1, 0.15) is 66.9 Å². The zero-order chi connectivity index (χ0) is 49.0. The van der Waals surface area contributed by atoms with Gasteiger partial charge in [-0.3, -0.25) is 33.7 Å². The number of amides is 4. The summed E-state index contributed by atoms with van der Waals surface area (Å²) >= 11 is 0. The van der Waals surface area contributed by atoms with Gasteiger partial charge in [-0.05, 0) is 37.6 Å². The number of hydrogen-bond acceptors (Lipinski definition) is 19. The van der Waals surface area contributed by atoms with Crippen molar-refractivity contribution in [1.29, 1.82) is 0 Å². The third-order valence-corrected chi connectivity index (χ3v) is 11.6. The SMILES string of the molecule is CCC(C)C(NC(=O)NC(C(=O)NC(CC(C)C)C(=O)NCCCNC(C(=O)O)C(O[C@@H]1O[C@H](CN)[C@@H](O)[C@H]1OC)C1O[C@@H](n2ccc(=O)[nH]c2=O)C(O)C1O)C1CCN=C(N)N1)C(=O)O. The molecule has 3 aliphatic rings. The van der Waals surface area contributed by atoms with Crippen LogP contribution >= 0.6 is 0 Å². The van der Waals surface area contributed by atoms with Crippen molar-refractivity contribution in [3.63, 3.8) is 0 Å². The van der Waals surface area contributed by atoms with Crippen LogP contribution in [0.25, 0.3) is 0 Å². The quantitative estimate of drug-likeness (QED) is 0.0430. The molecule has 1 aromatic heterocycles. The second-order valence-electron chi connectivity index (χ2n) is 16.8. The number of H-pyrrole nitrogens is 1. The standard InChI is InChI=1S/C39H65N11O16/c1-6-17(4)22(34(57)58)48-38(61)49-23(18-8-12-44-37(41)46-18)32(56)45-19(14-16(2)3)31(55)43-11-7-10-42-24(35(59)60)28(66-36-30(63-5)25(52)20(15-40)64-36)29-26(53)27(54)33(65-29)50-13-9-21(51)47-39(50)62/h9,13,16-20,22-30,33,36,42,52-54H,6-8,10-12,14-15,40H2,1-5H3,(H,43,55)(H,45,56)(H,57,58)(H,59,60)(H3,41,44,46)(H,47,51,62)(H2,48,49,61)/t17?,18?,19?,20-,22?,23?,24?,25-,26?,27?,28?,29?,30-,33-,36+/m1/s1. The van der Waals surface area contributed by atoms with Crippen molar-refractivity contribution in [2.45, 2.75) is 139 Å². The van der Waals surface area contributed by atoms with E-state index < -0.39 is 132 Å². The lowest BCUT2D eigenvalue weighted by Gasteiger charge is -2.34. The van der Waals surface area contributed by atoms with E-state index in [1.165, 1.54) is 7.11 Å². The van der Waals surface area contributed by atoms with Crippen molar-refractivity contribution in [3.8, 4) is 0 Å². The van der Waals surface area contributed by atoms with Gasteiger partial charge in [0.15, 0.2) is 18.5 Å². The summed E-state index contributed by atoms with van der Waals surface area (Å²) in [5.41, 5.74) is 9.87. The van der Waals surface area contributed by atoms with Crippen LogP contribution in [0.15, 0.2) is 26.8 Å². The number of nitrogens with two attached hydrogens (primary N) is 2. The maximum Gasteiger partial charge on any atom is 0.330 e. The molecule has 4 rings (SSSR count). The number of nitrogens with zero attached hydrogens (tertiary/aromatic N) is 2.